The molecule has 0 aliphatic rings. The normalized spacial score (nSPS) is 12.6. The average molecular weight is 350 g/mol. The van der Waals surface area contributed by atoms with Gasteiger partial charge in [0.25, 0.3) is 10.1 Å². The monoisotopic (exact) mass is 350 g/mol. The highest BCUT2D eigenvalue weighted by atomic mass is 32.2. The number of carbonyl (C=O) groups excluding carboxylic acids is 1. The van der Waals surface area contributed by atoms with E-state index in [0.717, 1.165) is 5.56 Å². The quantitative estimate of drug-likeness (QED) is 0.770. The molecule has 24 heavy (non-hydrogen) atoms. The molecule has 0 unspecified atom stereocenters. The van der Waals surface area contributed by atoms with Crippen molar-refractivity contribution in [1.29, 1.82) is 0 Å². The third-order valence-electron chi connectivity index (χ3n) is 3.17. The fraction of sp³-hybridized carbons (Fsp3) is 0.250. The van der Waals surface area contributed by atoms with E-state index in [0.29, 0.717) is 11.4 Å². The van der Waals surface area contributed by atoms with E-state index < -0.39 is 22.8 Å². The van der Waals surface area contributed by atoms with Crippen LogP contribution in [0.15, 0.2) is 47.5 Å². The molecule has 8 heteroatoms. The Bertz CT molecular complexity index is 801. The summed E-state index contributed by atoms with van der Waals surface area (Å²) in [4.78, 5) is 14.9. The van der Waals surface area contributed by atoms with Gasteiger partial charge in [-0.2, -0.15) is 8.42 Å². The number of anilines is 1. The van der Waals surface area contributed by atoms with Gasteiger partial charge in [-0.1, -0.05) is 23.8 Å². The highest BCUT2D eigenvalue weighted by Gasteiger charge is 2.18. The zero-order valence-electron chi connectivity index (χ0n) is 13.3. The van der Waals surface area contributed by atoms with Gasteiger partial charge in [-0.25, -0.2) is 4.98 Å². The van der Waals surface area contributed by atoms with Crippen LogP contribution in [0.2, 0.25) is 0 Å². The summed E-state index contributed by atoms with van der Waals surface area (Å²) in [5.74, 6) is 0.0787. The van der Waals surface area contributed by atoms with Gasteiger partial charge < -0.3 is 10.4 Å². The number of carbonyl (C=O) groups is 1. The number of nitrogens with one attached hydrogen (secondary N) is 1. The molecule has 1 heterocycles. The summed E-state index contributed by atoms with van der Waals surface area (Å²) >= 11 is 0. The largest absolute Gasteiger partial charge is 0.386 e. The zero-order valence-corrected chi connectivity index (χ0v) is 14.1. The second kappa shape index (κ2) is 7.52. The molecule has 0 bridgehead atoms. The number of aryl methyl sites for hydroxylation is 1. The second-order valence-corrected chi connectivity index (χ2v) is 6.84. The van der Waals surface area contributed by atoms with Crippen LogP contribution in [0.1, 0.15) is 24.2 Å². The molecule has 0 aliphatic carbocycles. The van der Waals surface area contributed by atoms with E-state index in [-0.39, 0.29) is 10.8 Å². The van der Waals surface area contributed by atoms with Gasteiger partial charge in [0.15, 0.2) is 0 Å². The second-order valence-electron chi connectivity index (χ2n) is 5.23. The van der Waals surface area contributed by atoms with Gasteiger partial charge in [0.2, 0.25) is 5.91 Å². The number of aliphatic hydroxyl groups excluding tert-OH is 1. The number of amides is 1. The lowest BCUT2D eigenvalue weighted by molar-refractivity contribution is -0.114. The lowest BCUT2D eigenvalue weighted by atomic mass is 10.2. The maximum atomic E-state index is 12.1. The summed E-state index contributed by atoms with van der Waals surface area (Å²) in [6.07, 6.45) is 0.182. The fourth-order valence-corrected chi connectivity index (χ4v) is 2.79. The van der Waals surface area contributed by atoms with Crippen LogP contribution >= 0.6 is 0 Å². The highest BCUT2D eigenvalue weighted by Crippen LogP contribution is 2.18. The van der Waals surface area contributed by atoms with Crippen molar-refractivity contribution < 1.29 is 22.5 Å². The van der Waals surface area contributed by atoms with Crippen molar-refractivity contribution in [3.63, 3.8) is 0 Å². The van der Waals surface area contributed by atoms with Crippen LogP contribution in [-0.4, -0.2) is 31.0 Å². The molecule has 0 spiro atoms. The maximum Gasteiger partial charge on any atom is 0.297 e. The first-order valence-corrected chi connectivity index (χ1v) is 8.56. The van der Waals surface area contributed by atoms with Gasteiger partial charge in [-0.05, 0) is 25.1 Å². The minimum atomic E-state index is -3.94. The molecule has 7 nitrogen and oxygen atoms in total. The number of nitrogens with zero attached hydrogens (tertiary/aromatic N) is 1. The van der Waals surface area contributed by atoms with Crippen molar-refractivity contribution in [3.8, 4) is 0 Å². The summed E-state index contributed by atoms with van der Waals surface area (Å²) < 4.78 is 29.0. The molecule has 2 rings (SSSR count). The van der Waals surface area contributed by atoms with Crippen molar-refractivity contribution in [2.24, 2.45) is 0 Å². The van der Waals surface area contributed by atoms with Crippen LogP contribution < -0.4 is 5.32 Å². The number of aliphatic hydroxyl groups is 1. The summed E-state index contributed by atoms with van der Waals surface area (Å²) in [6.45, 7) is 2.77. The molecule has 0 saturated carbocycles. The van der Waals surface area contributed by atoms with Crippen molar-refractivity contribution >= 4 is 21.8 Å². The predicted octanol–water partition coefficient (Wildman–Crippen LogP) is 1.79. The molecular weight excluding hydrogens is 332 g/mol. The van der Waals surface area contributed by atoms with Crippen LogP contribution in [-0.2, 0) is 19.1 Å². The molecule has 1 aromatic carbocycles. The summed E-state index contributed by atoms with van der Waals surface area (Å²) in [5.41, 5.74) is 1.31. The SMILES string of the molecule is CC(=O)Nc1ccc([C@H](O)COS(=O)(=O)c2ccc(C)cc2)cn1. The Hall–Kier alpha value is -2.29. The van der Waals surface area contributed by atoms with Crippen molar-refractivity contribution in [1.82, 2.24) is 4.98 Å². The molecule has 1 aromatic heterocycles. The van der Waals surface area contributed by atoms with E-state index in [4.69, 9.17) is 4.18 Å². The summed E-state index contributed by atoms with van der Waals surface area (Å²) in [5, 5.41) is 12.5. The predicted molar refractivity (Wildman–Crippen MR) is 87.8 cm³/mol. The first-order valence-electron chi connectivity index (χ1n) is 7.15. The lowest BCUT2D eigenvalue weighted by Crippen LogP contribution is -2.14. The Balaban J connectivity index is 2.00. The highest BCUT2D eigenvalue weighted by molar-refractivity contribution is 7.86. The summed E-state index contributed by atoms with van der Waals surface area (Å²) in [7, 11) is -3.94. The lowest BCUT2D eigenvalue weighted by Gasteiger charge is -2.12. The van der Waals surface area contributed by atoms with Gasteiger partial charge in [0, 0.05) is 18.7 Å². The molecule has 1 amide bonds. The van der Waals surface area contributed by atoms with Crippen molar-refractivity contribution in [2.75, 3.05) is 11.9 Å². The standard InChI is InChI=1S/C16H18N2O5S/c1-11-3-6-14(7-4-11)24(21,22)23-10-15(20)13-5-8-16(17-9-13)18-12(2)19/h3-9,15,20H,10H2,1-2H3,(H,17,18,19)/t15-/m1/s1. The fourth-order valence-electron chi connectivity index (χ4n) is 1.88. The Morgan fingerprint density at radius 2 is 1.92 bits per heavy atom. The van der Waals surface area contributed by atoms with Crippen LogP contribution in [0.5, 0.6) is 0 Å². The Labute approximate surface area is 140 Å². The van der Waals surface area contributed by atoms with Gasteiger partial charge in [0.1, 0.15) is 11.9 Å². The van der Waals surface area contributed by atoms with Gasteiger partial charge in [-0.3, -0.25) is 8.98 Å². The number of hydrogen-bond donors (Lipinski definition) is 2. The minimum absolute atomic E-state index is 0.0273. The molecular formula is C16H18N2O5S. The number of hydrogen-bond acceptors (Lipinski definition) is 6. The molecule has 0 aliphatic heterocycles. The zero-order chi connectivity index (χ0) is 17.7. The van der Waals surface area contributed by atoms with E-state index >= 15 is 0 Å². The topological polar surface area (TPSA) is 106 Å². The average Bonchev–Trinajstić information content (AvgIpc) is 2.53. The molecule has 128 valence electrons. The number of aromatic nitrogens is 1. The first kappa shape index (κ1) is 18.1. The van der Waals surface area contributed by atoms with E-state index in [1.54, 1.807) is 12.1 Å². The Kier molecular flexibility index (Phi) is 5.66. The molecule has 2 N–H and O–H groups in total. The number of rotatable bonds is 6. The van der Waals surface area contributed by atoms with Crippen LogP contribution in [0.3, 0.4) is 0 Å². The van der Waals surface area contributed by atoms with E-state index in [9.17, 15) is 18.3 Å². The van der Waals surface area contributed by atoms with Gasteiger partial charge >= 0.3 is 0 Å². The minimum Gasteiger partial charge on any atom is -0.386 e. The number of pyridine rings is 1. The van der Waals surface area contributed by atoms with Crippen LogP contribution in [0, 0.1) is 6.92 Å². The number of benzene rings is 1. The van der Waals surface area contributed by atoms with E-state index in [1.165, 1.54) is 37.4 Å². The van der Waals surface area contributed by atoms with Gasteiger partial charge in [-0.15, -0.1) is 0 Å². The first-order chi connectivity index (χ1) is 11.3. The molecule has 0 saturated heterocycles. The molecule has 0 fully saturated rings. The molecule has 2 aromatic rings. The Morgan fingerprint density at radius 3 is 2.46 bits per heavy atom. The third kappa shape index (κ3) is 4.85. The van der Waals surface area contributed by atoms with Gasteiger partial charge in [0.05, 0.1) is 11.5 Å². The van der Waals surface area contributed by atoms with Crippen molar-refractivity contribution in [3.05, 3.63) is 53.7 Å². The molecule has 0 radical (unpaired) electrons. The van der Waals surface area contributed by atoms with E-state index in [1.807, 2.05) is 6.92 Å². The smallest absolute Gasteiger partial charge is 0.297 e. The van der Waals surface area contributed by atoms with Crippen molar-refractivity contribution in [2.45, 2.75) is 24.8 Å². The summed E-state index contributed by atoms with van der Waals surface area (Å²) in [6, 6.07) is 9.26. The molecule has 1 atom stereocenters. The van der Waals surface area contributed by atoms with E-state index in [2.05, 4.69) is 10.3 Å². The van der Waals surface area contributed by atoms with Crippen LogP contribution in [0.4, 0.5) is 5.82 Å². The maximum absolute atomic E-state index is 12.1. The third-order valence-corrected chi connectivity index (χ3v) is 4.46. The van der Waals surface area contributed by atoms with Crippen LogP contribution in [0.25, 0.3) is 0 Å². The Morgan fingerprint density at radius 1 is 1.25 bits per heavy atom.